The first-order valence-electron chi connectivity index (χ1n) is 9.01. The summed E-state index contributed by atoms with van der Waals surface area (Å²) >= 11 is 1.43. The van der Waals surface area contributed by atoms with Gasteiger partial charge in [-0.25, -0.2) is 4.98 Å². The number of methoxy groups -OCH3 is 1. The number of rotatable bonds is 5. The van der Waals surface area contributed by atoms with Crippen LogP contribution in [-0.2, 0) is 0 Å². The van der Waals surface area contributed by atoms with Crippen LogP contribution in [-0.4, -0.2) is 17.1 Å². The molecule has 4 rings (SSSR count). The third kappa shape index (κ3) is 3.96. The number of aryl methyl sites for hydroxylation is 1. The lowest BCUT2D eigenvalue weighted by atomic mass is 10.1. The molecule has 29 heavy (non-hydrogen) atoms. The van der Waals surface area contributed by atoms with Gasteiger partial charge in [0.1, 0.15) is 22.4 Å². The molecule has 0 bridgehead atoms. The minimum Gasteiger partial charge on any atom is -0.497 e. The molecule has 1 N–H and O–H groups in total. The van der Waals surface area contributed by atoms with Crippen molar-refractivity contribution in [2.75, 3.05) is 12.4 Å². The second-order valence-corrected chi connectivity index (χ2v) is 7.27. The van der Waals surface area contributed by atoms with Crippen molar-refractivity contribution in [3.63, 3.8) is 0 Å². The molecule has 0 radical (unpaired) electrons. The van der Waals surface area contributed by atoms with Crippen LogP contribution in [0.15, 0.2) is 66.2 Å². The number of aromatic nitrogens is 2. The van der Waals surface area contributed by atoms with Gasteiger partial charge in [-0.1, -0.05) is 30.3 Å². The number of anilines is 1. The van der Waals surface area contributed by atoms with Crippen molar-refractivity contribution < 1.29 is 4.74 Å². The number of benzene rings is 2. The van der Waals surface area contributed by atoms with Crippen molar-refractivity contribution in [2.45, 2.75) is 6.92 Å². The fourth-order valence-corrected chi connectivity index (χ4v) is 3.76. The van der Waals surface area contributed by atoms with Crippen molar-refractivity contribution in [3.05, 3.63) is 76.9 Å². The average molecular weight is 398 g/mol. The second kappa shape index (κ2) is 8.13. The molecule has 0 aliphatic carbocycles. The van der Waals surface area contributed by atoms with Gasteiger partial charge in [-0.15, -0.1) is 11.3 Å². The van der Waals surface area contributed by atoms with Gasteiger partial charge in [-0.05, 0) is 31.2 Å². The largest absolute Gasteiger partial charge is 0.497 e. The molecule has 0 amide bonds. The first-order chi connectivity index (χ1) is 14.2. The first-order valence-corrected chi connectivity index (χ1v) is 9.89. The predicted molar refractivity (Wildman–Crippen MR) is 118 cm³/mol. The van der Waals surface area contributed by atoms with E-state index in [2.05, 4.69) is 21.4 Å². The van der Waals surface area contributed by atoms with Crippen LogP contribution in [0.4, 0.5) is 5.69 Å². The number of hydrogen-bond donors (Lipinski definition) is 1. The zero-order valence-corrected chi connectivity index (χ0v) is 16.8. The fraction of sp³-hybridized carbons (Fsp3) is 0.0870. The number of pyridine rings is 1. The lowest BCUT2D eigenvalue weighted by molar-refractivity contribution is 0.415. The molecule has 0 aliphatic heterocycles. The summed E-state index contributed by atoms with van der Waals surface area (Å²) in [4.78, 5) is 9.25. The molecule has 4 aromatic rings. The van der Waals surface area contributed by atoms with E-state index in [9.17, 15) is 5.26 Å². The maximum Gasteiger partial charge on any atom is 0.136 e. The molecule has 2 heterocycles. The Balaban J connectivity index is 1.63. The highest BCUT2D eigenvalue weighted by Crippen LogP contribution is 2.29. The summed E-state index contributed by atoms with van der Waals surface area (Å²) in [7, 11) is 1.64. The Morgan fingerprint density at radius 1 is 1.14 bits per heavy atom. The van der Waals surface area contributed by atoms with Crippen molar-refractivity contribution in [1.82, 2.24) is 9.97 Å². The topological polar surface area (TPSA) is 70.8 Å². The summed E-state index contributed by atoms with van der Waals surface area (Å²) in [5, 5.41) is 16.5. The molecule has 0 spiro atoms. The summed E-state index contributed by atoms with van der Waals surface area (Å²) in [5.74, 6) is 0.772. The minimum atomic E-state index is 0.466. The molecular weight excluding hydrogens is 380 g/mol. The average Bonchev–Trinajstić information content (AvgIpc) is 3.24. The lowest BCUT2D eigenvalue weighted by Crippen LogP contribution is -1.94. The Labute approximate surface area is 172 Å². The number of fused-ring (bicyclic) bond motifs is 1. The van der Waals surface area contributed by atoms with E-state index in [1.165, 1.54) is 11.3 Å². The number of allylic oxidation sites excluding steroid dienone is 1. The molecule has 2 aromatic carbocycles. The molecule has 0 unspecified atom stereocenters. The van der Waals surface area contributed by atoms with Crippen molar-refractivity contribution >= 4 is 33.5 Å². The predicted octanol–water partition coefficient (Wildman–Crippen LogP) is 5.65. The second-order valence-electron chi connectivity index (χ2n) is 6.41. The highest BCUT2D eigenvalue weighted by atomic mass is 32.1. The van der Waals surface area contributed by atoms with Crippen LogP contribution in [0.5, 0.6) is 5.75 Å². The summed E-state index contributed by atoms with van der Waals surface area (Å²) in [6.45, 7) is 1.96. The maximum atomic E-state index is 9.65. The van der Waals surface area contributed by atoms with Crippen LogP contribution in [0.3, 0.4) is 0 Å². The van der Waals surface area contributed by atoms with Gasteiger partial charge in [0.15, 0.2) is 0 Å². The van der Waals surface area contributed by atoms with Gasteiger partial charge in [0, 0.05) is 28.2 Å². The molecule has 0 aliphatic rings. The van der Waals surface area contributed by atoms with Crippen LogP contribution < -0.4 is 10.1 Å². The van der Waals surface area contributed by atoms with Gasteiger partial charge >= 0.3 is 0 Å². The van der Waals surface area contributed by atoms with Gasteiger partial charge < -0.3 is 10.1 Å². The van der Waals surface area contributed by atoms with E-state index in [1.54, 1.807) is 13.3 Å². The normalized spacial score (nSPS) is 11.3. The van der Waals surface area contributed by atoms with Gasteiger partial charge in [0.2, 0.25) is 0 Å². The van der Waals surface area contributed by atoms with E-state index < -0.39 is 0 Å². The van der Waals surface area contributed by atoms with Crippen LogP contribution in [0.1, 0.15) is 10.7 Å². The van der Waals surface area contributed by atoms with Gasteiger partial charge in [0.25, 0.3) is 0 Å². The first kappa shape index (κ1) is 18.7. The SMILES string of the molecule is COc1cccc(-c2csc(/C(C#N)=C/Nc3cccc4ccc(C)nc34)n2)c1. The van der Waals surface area contributed by atoms with E-state index in [-0.39, 0.29) is 0 Å². The maximum absolute atomic E-state index is 9.65. The highest BCUT2D eigenvalue weighted by Gasteiger charge is 2.10. The Morgan fingerprint density at radius 3 is 2.83 bits per heavy atom. The third-order valence-electron chi connectivity index (χ3n) is 4.45. The highest BCUT2D eigenvalue weighted by molar-refractivity contribution is 7.11. The summed E-state index contributed by atoms with van der Waals surface area (Å²) in [6, 6.07) is 19.9. The number of para-hydroxylation sites is 1. The minimum absolute atomic E-state index is 0.466. The van der Waals surface area contributed by atoms with E-state index in [0.717, 1.165) is 39.3 Å². The Bertz CT molecular complexity index is 1250. The van der Waals surface area contributed by atoms with Crippen molar-refractivity contribution in [3.8, 4) is 23.1 Å². The van der Waals surface area contributed by atoms with Gasteiger partial charge in [-0.3, -0.25) is 4.98 Å². The standard InChI is InChI=1S/C23H18N4OS/c1-15-9-10-16-5-4-8-20(22(16)26-15)25-13-18(12-24)23-27-21(14-29-23)17-6-3-7-19(11-17)28-2/h3-11,13-14,25H,1-2H3/b18-13+. The van der Waals surface area contributed by atoms with E-state index >= 15 is 0 Å². The number of nitrogens with one attached hydrogen (secondary N) is 1. The monoisotopic (exact) mass is 398 g/mol. The number of ether oxygens (including phenoxy) is 1. The Hall–Kier alpha value is -3.69. The third-order valence-corrected chi connectivity index (χ3v) is 5.33. The van der Waals surface area contributed by atoms with Crippen LogP contribution in [0, 0.1) is 18.3 Å². The zero-order chi connectivity index (χ0) is 20.2. The lowest BCUT2D eigenvalue weighted by Gasteiger charge is -2.06. The molecule has 0 fully saturated rings. The summed E-state index contributed by atoms with van der Waals surface area (Å²) in [5.41, 5.74) is 4.90. The number of thiazole rings is 1. The molecule has 5 nitrogen and oxygen atoms in total. The van der Waals surface area contributed by atoms with E-state index in [4.69, 9.17) is 4.74 Å². The summed E-state index contributed by atoms with van der Waals surface area (Å²) in [6.07, 6.45) is 1.69. The molecule has 6 heteroatoms. The van der Waals surface area contributed by atoms with E-state index in [0.29, 0.717) is 10.6 Å². The zero-order valence-electron chi connectivity index (χ0n) is 16.0. The van der Waals surface area contributed by atoms with Crippen LogP contribution >= 0.6 is 11.3 Å². The quantitative estimate of drug-likeness (QED) is 0.440. The van der Waals surface area contributed by atoms with Crippen molar-refractivity contribution in [1.29, 1.82) is 5.26 Å². The summed E-state index contributed by atoms with van der Waals surface area (Å²) < 4.78 is 5.28. The smallest absolute Gasteiger partial charge is 0.136 e. The fourth-order valence-electron chi connectivity index (χ4n) is 2.97. The Kier molecular flexibility index (Phi) is 5.23. The van der Waals surface area contributed by atoms with Gasteiger partial charge in [-0.2, -0.15) is 5.26 Å². The number of nitriles is 1. The number of nitrogens with zero attached hydrogens (tertiary/aromatic N) is 3. The Morgan fingerprint density at radius 2 is 2.00 bits per heavy atom. The van der Waals surface area contributed by atoms with E-state index in [1.807, 2.05) is 66.9 Å². The van der Waals surface area contributed by atoms with Gasteiger partial charge in [0.05, 0.1) is 24.0 Å². The number of hydrogen-bond acceptors (Lipinski definition) is 6. The van der Waals surface area contributed by atoms with Crippen LogP contribution in [0.2, 0.25) is 0 Å². The molecule has 2 aromatic heterocycles. The molecule has 142 valence electrons. The van der Waals surface area contributed by atoms with Crippen molar-refractivity contribution in [2.24, 2.45) is 0 Å². The molecule has 0 saturated carbocycles. The van der Waals surface area contributed by atoms with Crippen LogP contribution in [0.25, 0.3) is 27.7 Å². The molecular formula is C23H18N4OS. The molecule has 0 atom stereocenters. The molecule has 0 saturated heterocycles.